The van der Waals surface area contributed by atoms with Crippen LogP contribution in [0.4, 0.5) is 0 Å². The highest BCUT2D eigenvalue weighted by molar-refractivity contribution is 6.11. The molecular weight excluding hydrogens is 346 g/mol. The number of aliphatic imine (C=N–C) groups is 1. The average molecular weight is 371 g/mol. The second-order valence-electron chi connectivity index (χ2n) is 6.68. The third kappa shape index (κ3) is 3.36. The lowest BCUT2D eigenvalue weighted by Crippen LogP contribution is -2.39. The van der Waals surface area contributed by atoms with E-state index in [1.54, 1.807) is 14.0 Å². The molecule has 1 fully saturated rings. The molecule has 1 saturated carbocycles. The molecule has 0 saturated heterocycles. The fourth-order valence-corrected chi connectivity index (χ4v) is 4.07. The number of rotatable bonds is 5. The molecule has 1 aliphatic heterocycles. The Morgan fingerprint density at radius 2 is 2.00 bits per heavy atom. The molecule has 0 amide bonds. The Labute approximate surface area is 159 Å². The maximum Gasteiger partial charge on any atom is 0.336 e. The molecule has 0 N–H and O–H groups in total. The van der Waals surface area contributed by atoms with Gasteiger partial charge in [-0.15, -0.1) is 0 Å². The van der Waals surface area contributed by atoms with E-state index in [4.69, 9.17) is 14.2 Å². The zero-order chi connectivity index (χ0) is 19.6. The predicted octanol–water partition coefficient (Wildman–Crippen LogP) is 3.45. The molecular formula is C21H25NO5. The Balaban J connectivity index is 2.25. The first-order valence-electron chi connectivity index (χ1n) is 9.22. The lowest BCUT2D eigenvalue weighted by Gasteiger charge is -2.36. The minimum Gasteiger partial charge on any atom is -0.493 e. The first-order valence-corrected chi connectivity index (χ1v) is 9.22. The van der Waals surface area contributed by atoms with Crippen LogP contribution in [0, 0.1) is 5.92 Å². The lowest BCUT2D eigenvalue weighted by atomic mass is 9.69. The number of carbonyl (C=O) groups is 2. The maximum atomic E-state index is 12.9. The van der Waals surface area contributed by atoms with Crippen LogP contribution in [-0.4, -0.2) is 38.3 Å². The number of ether oxygens (including phenoxy) is 3. The summed E-state index contributed by atoms with van der Waals surface area (Å²) in [5.74, 6) is -0.199. The number of Topliss-reactive ketones (excluding diaryl/α,β-unsaturated/α-hetero) is 1. The molecule has 1 aromatic carbocycles. The lowest BCUT2D eigenvalue weighted by molar-refractivity contribution is -0.136. The molecule has 2 atom stereocenters. The number of allylic oxidation sites excluding steroid dienone is 1. The monoisotopic (exact) mass is 371 g/mol. The van der Waals surface area contributed by atoms with Crippen LogP contribution in [0.3, 0.4) is 0 Å². The van der Waals surface area contributed by atoms with Crippen molar-refractivity contribution in [2.75, 3.05) is 20.8 Å². The van der Waals surface area contributed by atoms with Gasteiger partial charge in [-0.3, -0.25) is 9.79 Å². The summed E-state index contributed by atoms with van der Waals surface area (Å²) in [7, 11) is 2.92. The third-order valence-electron chi connectivity index (χ3n) is 5.17. The number of methoxy groups -OCH3 is 2. The van der Waals surface area contributed by atoms with Crippen LogP contribution in [0.5, 0.6) is 11.5 Å². The van der Waals surface area contributed by atoms with Crippen molar-refractivity contribution in [3.8, 4) is 11.5 Å². The van der Waals surface area contributed by atoms with Gasteiger partial charge in [0.05, 0.1) is 32.3 Å². The maximum absolute atomic E-state index is 12.9. The largest absolute Gasteiger partial charge is 0.493 e. The van der Waals surface area contributed by atoms with E-state index in [0.717, 1.165) is 24.1 Å². The summed E-state index contributed by atoms with van der Waals surface area (Å²) in [6.45, 7) is 4.12. The topological polar surface area (TPSA) is 74.2 Å². The first-order chi connectivity index (χ1) is 13.0. The van der Waals surface area contributed by atoms with Gasteiger partial charge in [0.25, 0.3) is 0 Å². The van der Waals surface area contributed by atoms with Gasteiger partial charge in [-0.25, -0.2) is 4.79 Å². The van der Waals surface area contributed by atoms with Gasteiger partial charge in [0.2, 0.25) is 0 Å². The number of nitrogens with zero attached hydrogens (tertiary/aromatic N) is 1. The van der Waals surface area contributed by atoms with E-state index < -0.39 is 17.8 Å². The molecule has 0 radical (unpaired) electrons. The van der Waals surface area contributed by atoms with Crippen LogP contribution < -0.4 is 9.47 Å². The van der Waals surface area contributed by atoms with Crippen molar-refractivity contribution < 1.29 is 23.8 Å². The van der Waals surface area contributed by atoms with Gasteiger partial charge in [-0.1, -0.05) is 12.1 Å². The van der Waals surface area contributed by atoms with Gasteiger partial charge in [0.15, 0.2) is 11.5 Å². The first kappa shape index (κ1) is 19.1. The number of carbonyl (C=O) groups excluding carboxylic acids is 2. The standard InChI is InChI=1S/C21H25NO5/c1-5-27-20-13(8-6-11-16(20)25-3)18-17(21(24)26-4)12(2)22-14-9-7-10-15(23)19(14)18/h6,8,11,18-19H,5,7,9-10H2,1-4H3/t18-,19?/m1/s1. The van der Waals surface area contributed by atoms with Crippen LogP contribution in [0.15, 0.2) is 34.5 Å². The second kappa shape index (κ2) is 7.94. The van der Waals surface area contributed by atoms with E-state index >= 15 is 0 Å². The SMILES string of the molecule is CCOc1c(OC)cccc1[C@@H]1C(C(=O)OC)=C(C)N=C2CCCC(=O)C21. The zero-order valence-corrected chi connectivity index (χ0v) is 16.2. The molecule has 0 spiro atoms. The van der Waals surface area contributed by atoms with E-state index in [0.29, 0.717) is 35.8 Å². The summed E-state index contributed by atoms with van der Waals surface area (Å²) in [6.07, 6.45) is 2.03. The third-order valence-corrected chi connectivity index (χ3v) is 5.17. The van der Waals surface area contributed by atoms with Gasteiger partial charge in [-0.2, -0.15) is 0 Å². The number of benzene rings is 1. The molecule has 2 aliphatic rings. The van der Waals surface area contributed by atoms with Crippen molar-refractivity contribution in [2.24, 2.45) is 10.9 Å². The summed E-state index contributed by atoms with van der Waals surface area (Å²) >= 11 is 0. The number of ketones is 1. The molecule has 144 valence electrons. The Bertz CT molecular complexity index is 824. The molecule has 1 unspecified atom stereocenters. The van der Waals surface area contributed by atoms with Gasteiger partial charge in [0.1, 0.15) is 5.78 Å². The van der Waals surface area contributed by atoms with E-state index in [2.05, 4.69) is 4.99 Å². The van der Waals surface area contributed by atoms with Crippen LogP contribution in [0.1, 0.15) is 44.6 Å². The van der Waals surface area contributed by atoms with Crippen LogP contribution in [0.25, 0.3) is 0 Å². The summed E-state index contributed by atoms with van der Waals surface area (Å²) in [4.78, 5) is 30.1. The van der Waals surface area contributed by atoms with Crippen molar-refractivity contribution in [3.63, 3.8) is 0 Å². The van der Waals surface area contributed by atoms with Crippen molar-refractivity contribution in [1.82, 2.24) is 0 Å². The molecule has 1 heterocycles. The highest BCUT2D eigenvalue weighted by Gasteiger charge is 2.45. The minimum absolute atomic E-state index is 0.101. The van der Waals surface area contributed by atoms with Crippen LogP contribution >= 0.6 is 0 Å². The van der Waals surface area contributed by atoms with E-state index in [9.17, 15) is 9.59 Å². The highest BCUT2D eigenvalue weighted by Crippen LogP contribution is 2.47. The Hall–Kier alpha value is -2.63. The summed E-state index contributed by atoms with van der Waals surface area (Å²) in [5, 5.41) is 0. The summed E-state index contributed by atoms with van der Waals surface area (Å²) < 4.78 is 16.4. The normalized spacial score (nSPS) is 22.1. The highest BCUT2D eigenvalue weighted by atomic mass is 16.5. The quantitative estimate of drug-likeness (QED) is 0.741. The Morgan fingerprint density at radius 1 is 1.22 bits per heavy atom. The molecule has 3 rings (SSSR count). The van der Waals surface area contributed by atoms with Gasteiger partial charge in [0, 0.05) is 29.3 Å². The van der Waals surface area contributed by atoms with Crippen molar-refractivity contribution in [2.45, 2.75) is 39.0 Å². The zero-order valence-electron chi connectivity index (χ0n) is 16.2. The molecule has 6 heteroatoms. The molecule has 27 heavy (non-hydrogen) atoms. The number of para-hydroxylation sites is 1. The summed E-state index contributed by atoms with van der Waals surface area (Å²) in [6, 6.07) is 5.54. The number of hydrogen-bond donors (Lipinski definition) is 0. The van der Waals surface area contributed by atoms with Crippen LogP contribution in [-0.2, 0) is 14.3 Å². The number of hydrogen-bond acceptors (Lipinski definition) is 6. The fourth-order valence-electron chi connectivity index (χ4n) is 4.07. The fraction of sp³-hybridized carbons (Fsp3) is 0.476. The smallest absolute Gasteiger partial charge is 0.336 e. The van der Waals surface area contributed by atoms with E-state index in [1.165, 1.54) is 7.11 Å². The van der Waals surface area contributed by atoms with Gasteiger partial charge >= 0.3 is 5.97 Å². The molecule has 1 aromatic rings. The van der Waals surface area contributed by atoms with Crippen LogP contribution in [0.2, 0.25) is 0 Å². The molecule has 6 nitrogen and oxygen atoms in total. The van der Waals surface area contributed by atoms with E-state index in [1.807, 2.05) is 25.1 Å². The minimum atomic E-state index is -0.491. The van der Waals surface area contributed by atoms with Crippen molar-refractivity contribution in [3.05, 3.63) is 35.0 Å². The molecule has 0 bridgehead atoms. The molecule has 0 aromatic heterocycles. The second-order valence-corrected chi connectivity index (χ2v) is 6.68. The van der Waals surface area contributed by atoms with Gasteiger partial charge < -0.3 is 14.2 Å². The van der Waals surface area contributed by atoms with E-state index in [-0.39, 0.29) is 5.78 Å². The van der Waals surface area contributed by atoms with Gasteiger partial charge in [-0.05, 0) is 32.8 Å². The molecule has 1 aliphatic carbocycles. The van der Waals surface area contributed by atoms with Crippen molar-refractivity contribution in [1.29, 1.82) is 0 Å². The number of fused-ring (bicyclic) bond motifs is 1. The van der Waals surface area contributed by atoms with Crippen molar-refractivity contribution >= 4 is 17.5 Å². The Kier molecular flexibility index (Phi) is 5.63. The predicted molar refractivity (Wildman–Crippen MR) is 101 cm³/mol. The Morgan fingerprint density at radius 3 is 2.67 bits per heavy atom. The summed E-state index contributed by atoms with van der Waals surface area (Å²) in [5.41, 5.74) is 2.60. The average Bonchev–Trinajstić information content (AvgIpc) is 2.67. The number of esters is 1.